The van der Waals surface area contributed by atoms with Crippen LogP contribution in [0.15, 0.2) is 109 Å². The molecule has 1 aromatic heterocycles. The fourth-order valence-corrected chi connectivity index (χ4v) is 6.26. The zero-order chi connectivity index (χ0) is 29.1. The Morgan fingerprint density at radius 3 is 1.88 bits per heavy atom. The Labute approximate surface area is 246 Å². The van der Waals surface area contributed by atoms with Gasteiger partial charge in [-0.2, -0.15) is 5.10 Å². The van der Waals surface area contributed by atoms with Crippen molar-refractivity contribution in [1.29, 1.82) is 0 Å². The number of fused-ring (bicyclic) bond motifs is 1. The number of nitrogens with one attached hydrogen (secondary N) is 1. The van der Waals surface area contributed by atoms with Crippen molar-refractivity contribution in [2.24, 2.45) is 5.92 Å². The number of rotatable bonds is 8. The number of benzene rings is 4. The summed E-state index contributed by atoms with van der Waals surface area (Å²) in [5.74, 6) is 0.251. The van der Waals surface area contributed by atoms with E-state index < -0.39 is 12.1 Å². The molecular formula is C35H37N5O2. The third-order valence-corrected chi connectivity index (χ3v) is 8.61. The Bertz CT molecular complexity index is 1620. The Morgan fingerprint density at radius 2 is 1.26 bits per heavy atom. The number of aliphatic hydroxyl groups excluding tert-OH is 1. The molecule has 1 saturated heterocycles. The van der Waals surface area contributed by atoms with Crippen molar-refractivity contribution >= 4 is 22.8 Å². The lowest BCUT2D eigenvalue weighted by Gasteiger charge is -2.36. The third-order valence-electron chi connectivity index (χ3n) is 8.61. The van der Waals surface area contributed by atoms with Crippen molar-refractivity contribution < 1.29 is 9.90 Å². The molecule has 4 atom stereocenters. The zero-order valence-electron chi connectivity index (χ0n) is 23.8. The van der Waals surface area contributed by atoms with Gasteiger partial charge in [0, 0.05) is 30.4 Å². The number of nitrogens with two attached hydrogens (primary N) is 1. The maximum Gasteiger partial charge on any atom is 0.321 e. The summed E-state index contributed by atoms with van der Waals surface area (Å²) in [6.07, 6.45) is 0.457. The number of carbonyl (C=O) groups is 1. The summed E-state index contributed by atoms with van der Waals surface area (Å²) in [7, 11) is 0. The molecule has 0 spiro atoms. The number of hydrogen-bond acceptors (Lipinski definition) is 4. The topological polar surface area (TPSA) is 98.5 Å². The maximum atomic E-state index is 14.8. The first-order valence-corrected chi connectivity index (χ1v) is 14.6. The minimum absolute atomic E-state index is 0.0793. The van der Waals surface area contributed by atoms with E-state index in [1.807, 2.05) is 82.6 Å². The van der Waals surface area contributed by atoms with Gasteiger partial charge in [0.15, 0.2) is 5.82 Å². The highest BCUT2D eigenvalue weighted by atomic mass is 16.3. The monoisotopic (exact) mass is 559 g/mol. The first kappa shape index (κ1) is 27.5. The summed E-state index contributed by atoms with van der Waals surface area (Å²) >= 11 is 0. The van der Waals surface area contributed by atoms with E-state index in [1.54, 1.807) is 0 Å². The van der Waals surface area contributed by atoms with Gasteiger partial charge in [-0.3, -0.25) is 5.10 Å². The van der Waals surface area contributed by atoms with E-state index in [2.05, 4.69) is 53.5 Å². The van der Waals surface area contributed by atoms with Gasteiger partial charge in [-0.1, -0.05) is 104 Å². The quantitative estimate of drug-likeness (QED) is 0.224. The van der Waals surface area contributed by atoms with Gasteiger partial charge >= 0.3 is 6.03 Å². The predicted molar refractivity (Wildman–Crippen MR) is 166 cm³/mol. The Balaban J connectivity index is 1.43. The molecule has 0 aliphatic carbocycles. The van der Waals surface area contributed by atoms with Gasteiger partial charge in [0.2, 0.25) is 0 Å². The number of H-pyrrole nitrogens is 1. The number of carbonyl (C=O) groups excluding carboxylic acids is 1. The van der Waals surface area contributed by atoms with Gasteiger partial charge in [-0.05, 0) is 47.2 Å². The summed E-state index contributed by atoms with van der Waals surface area (Å²) in [5, 5.41) is 20.0. The molecule has 5 aromatic rings. The van der Waals surface area contributed by atoms with Crippen LogP contribution in [-0.2, 0) is 25.9 Å². The number of hydrogen-bond donors (Lipinski definition) is 3. The number of aromatic nitrogens is 2. The van der Waals surface area contributed by atoms with E-state index in [4.69, 9.17) is 5.73 Å². The average Bonchev–Trinajstić information content (AvgIpc) is 3.38. The SMILES string of the molecule is C[C@@H]1[C@@H](O)[C@@H](Cc2ccccc2)N(Cc2ccc3[nH]nc(N)c3c2)C(=O)N(Cc2ccccc2)[C@@H]1Cc1ccccc1. The van der Waals surface area contributed by atoms with E-state index in [0.29, 0.717) is 31.7 Å². The molecular weight excluding hydrogens is 522 g/mol. The minimum atomic E-state index is -0.744. The lowest BCUT2D eigenvalue weighted by Crippen LogP contribution is -2.50. The van der Waals surface area contributed by atoms with Crippen LogP contribution >= 0.6 is 0 Å². The highest BCUT2D eigenvalue weighted by molar-refractivity contribution is 5.89. The van der Waals surface area contributed by atoms with Crippen LogP contribution in [0.2, 0.25) is 0 Å². The summed E-state index contributed by atoms with van der Waals surface area (Å²) in [5.41, 5.74) is 11.2. The van der Waals surface area contributed by atoms with Gasteiger partial charge in [-0.15, -0.1) is 0 Å². The van der Waals surface area contributed by atoms with Crippen molar-refractivity contribution in [3.8, 4) is 0 Å². The zero-order valence-corrected chi connectivity index (χ0v) is 23.8. The van der Waals surface area contributed by atoms with Crippen LogP contribution in [0.5, 0.6) is 0 Å². The van der Waals surface area contributed by atoms with Crippen molar-refractivity contribution in [1.82, 2.24) is 20.0 Å². The van der Waals surface area contributed by atoms with E-state index in [0.717, 1.165) is 33.2 Å². The average molecular weight is 560 g/mol. The first-order valence-electron chi connectivity index (χ1n) is 14.6. The molecule has 42 heavy (non-hydrogen) atoms. The van der Waals surface area contributed by atoms with E-state index >= 15 is 0 Å². The molecule has 6 rings (SSSR count). The highest BCUT2D eigenvalue weighted by Gasteiger charge is 2.45. The molecule has 2 amide bonds. The summed E-state index contributed by atoms with van der Waals surface area (Å²) in [6, 6.07) is 35.7. The minimum Gasteiger partial charge on any atom is -0.391 e. The summed E-state index contributed by atoms with van der Waals surface area (Å²) in [4.78, 5) is 18.7. The fraction of sp³-hybridized carbons (Fsp3) is 0.257. The first-order chi connectivity index (χ1) is 20.5. The smallest absolute Gasteiger partial charge is 0.321 e. The molecule has 7 nitrogen and oxygen atoms in total. The van der Waals surface area contributed by atoms with E-state index in [9.17, 15) is 9.90 Å². The molecule has 4 aromatic carbocycles. The van der Waals surface area contributed by atoms with E-state index in [1.165, 1.54) is 0 Å². The second-order valence-electron chi connectivity index (χ2n) is 11.4. The van der Waals surface area contributed by atoms with Crippen molar-refractivity contribution in [2.75, 3.05) is 5.73 Å². The number of urea groups is 1. The molecule has 2 heterocycles. The van der Waals surface area contributed by atoms with Crippen LogP contribution in [0.3, 0.4) is 0 Å². The van der Waals surface area contributed by atoms with Gasteiger partial charge < -0.3 is 20.6 Å². The lowest BCUT2D eigenvalue weighted by molar-refractivity contribution is 0.0310. The van der Waals surface area contributed by atoms with Crippen LogP contribution in [0.4, 0.5) is 10.6 Å². The number of nitrogens with zero attached hydrogens (tertiary/aromatic N) is 3. The van der Waals surface area contributed by atoms with Crippen molar-refractivity contribution in [2.45, 2.75) is 51.0 Å². The summed E-state index contributed by atoms with van der Waals surface area (Å²) in [6.45, 7) is 2.88. The molecule has 1 aliphatic heterocycles. The lowest BCUT2D eigenvalue weighted by atomic mass is 9.85. The molecule has 0 bridgehead atoms. The van der Waals surface area contributed by atoms with Crippen LogP contribution < -0.4 is 5.73 Å². The fourth-order valence-electron chi connectivity index (χ4n) is 6.26. The molecule has 1 fully saturated rings. The van der Waals surface area contributed by atoms with Crippen LogP contribution in [0, 0.1) is 5.92 Å². The normalized spacial score (nSPS) is 21.0. The summed E-state index contributed by atoms with van der Waals surface area (Å²) < 4.78 is 0. The number of aliphatic hydroxyl groups is 1. The molecule has 214 valence electrons. The standard InChI is InChI=1S/C35H37N5O2/c1-24-31(20-25-11-5-2-6-12-25)39(22-27-15-9-4-10-16-27)35(42)40(32(33(24)41)21-26-13-7-3-8-14-26)23-28-17-18-30-29(19-28)34(36)38-37-30/h2-19,24,31-33,41H,20-23H2,1H3,(H3,36,37,38)/t24-,31+,32+,33+/m0/s1. The predicted octanol–water partition coefficient (Wildman–Crippen LogP) is 5.80. The van der Waals surface area contributed by atoms with Crippen molar-refractivity contribution in [3.05, 3.63) is 131 Å². The largest absolute Gasteiger partial charge is 0.391 e. The van der Waals surface area contributed by atoms with Gasteiger partial charge in [0.25, 0.3) is 0 Å². The second kappa shape index (κ2) is 12.1. The van der Waals surface area contributed by atoms with E-state index in [-0.39, 0.29) is 18.0 Å². The third kappa shape index (κ3) is 5.74. The molecule has 1 aliphatic rings. The molecule has 0 unspecified atom stereocenters. The Morgan fingerprint density at radius 1 is 0.738 bits per heavy atom. The molecule has 4 N–H and O–H groups in total. The van der Waals surface area contributed by atoms with Crippen LogP contribution in [-0.4, -0.2) is 49.3 Å². The second-order valence-corrected chi connectivity index (χ2v) is 11.4. The van der Waals surface area contributed by atoms with Crippen LogP contribution in [0.25, 0.3) is 10.9 Å². The Kier molecular flexibility index (Phi) is 7.93. The number of amides is 2. The molecule has 7 heteroatoms. The van der Waals surface area contributed by atoms with Gasteiger partial charge in [0.1, 0.15) is 0 Å². The number of aromatic amines is 1. The highest BCUT2D eigenvalue weighted by Crippen LogP contribution is 2.33. The molecule has 0 saturated carbocycles. The van der Waals surface area contributed by atoms with Crippen molar-refractivity contribution in [3.63, 3.8) is 0 Å². The molecule has 0 radical (unpaired) electrons. The number of anilines is 1. The Hall–Kier alpha value is -4.62. The van der Waals surface area contributed by atoms with Gasteiger partial charge in [0.05, 0.1) is 17.7 Å². The number of nitrogen functional groups attached to an aromatic ring is 1. The van der Waals surface area contributed by atoms with Crippen LogP contribution in [0.1, 0.15) is 29.2 Å². The van der Waals surface area contributed by atoms with Gasteiger partial charge in [-0.25, -0.2) is 4.79 Å². The maximum absolute atomic E-state index is 14.8.